The average molecular weight is 257 g/mol. The molecule has 1 fully saturated rings. The van der Waals surface area contributed by atoms with Gasteiger partial charge in [-0.3, -0.25) is 4.79 Å². The van der Waals surface area contributed by atoms with Crippen molar-refractivity contribution in [3.63, 3.8) is 0 Å². The Balaban J connectivity index is 2.32. The molecule has 0 aromatic carbocycles. The minimum absolute atomic E-state index is 0.148. The summed E-state index contributed by atoms with van der Waals surface area (Å²) in [5.41, 5.74) is 0. The first-order valence-electron chi connectivity index (χ1n) is 6.73. The number of nitrogens with one attached hydrogen (secondary N) is 1. The van der Waals surface area contributed by atoms with Crippen LogP contribution >= 0.6 is 0 Å². The van der Waals surface area contributed by atoms with E-state index >= 15 is 0 Å². The van der Waals surface area contributed by atoms with Gasteiger partial charge in [0.15, 0.2) is 0 Å². The molecule has 1 heterocycles. The van der Waals surface area contributed by atoms with E-state index in [2.05, 4.69) is 5.32 Å². The Morgan fingerprint density at radius 1 is 1.39 bits per heavy atom. The summed E-state index contributed by atoms with van der Waals surface area (Å²) in [5, 5.41) is 11.6. The molecule has 5 nitrogen and oxygen atoms in total. The Hall–Kier alpha value is -1.10. The lowest BCUT2D eigenvalue weighted by molar-refractivity contribution is -0.142. The number of aliphatic carboxylic acids is 1. The molecule has 1 rings (SSSR count). The number of hydrogen-bond acceptors (Lipinski definition) is 3. The van der Waals surface area contributed by atoms with Crippen molar-refractivity contribution in [3.8, 4) is 0 Å². The number of carbonyl (C=O) groups excluding carboxylic acids is 1. The summed E-state index contributed by atoms with van der Waals surface area (Å²) < 4.78 is 5.23. The predicted molar refractivity (Wildman–Crippen MR) is 67.3 cm³/mol. The molecule has 0 radical (unpaired) electrons. The van der Waals surface area contributed by atoms with Crippen LogP contribution < -0.4 is 5.32 Å². The Kier molecular flexibility index (Phi) is 6.72. The van der Waals surface area contributed by atoms with Gasteiger partial charge in [-0.15, -0.1) is 0 Å². The summed E-state index contributed by atoms with van der Waals surface area (Å²) in [6.07, 6.45) is 4.44. The van der Waals surface area contributed by atoms with Crippen molar-refractivity contribution in [1.82, 2.24) is 5.32 Å². The maximum Gasteiger partial charge on any atom is 0.326 e. The van der Waals surface area contributed by atoms with E-state index in [1.165, 1.54) is 0 Å². The number of ether oxygens (including phenoxy) is 1. The summed E-state index contributed by atoms with van der Waals surface area (Å²) in [7, 11) is 0. The summed E-state index contributed by atoms with van der Waals surface area (Å²) in [6.45, 7) is 3.41. The highest BCUT2D eigenvalue weighted by Gasteiger charge is 2.22. The highest BCUT2D eigenvalue weighted by atomic mass is 16.5. The van der Waals surface area contributed by atoms with Gasteiger partial charge in [-0.2, -0.15) is 0 Å². The van der Waals surface area contributed by atoms with Gasteiger partial charge in [0.2, 0.25) is 5.91 Å². The van der Waals surface area contributed by atoms with Crippen molar-refractivity contribution in [3.05, 3.63) is 0 Å². The van der Waals surface area contributed by atoms with Crippen LogP contribution in [0.4, 0.5) is 0 Å². The molecule has 0 spiro atoms. The van der Waals surface area contributed by atoms with Crippen LogP contribution in [0, 0.1) is 5.92 Å². The average Bonchev–Trinajstić information content (AvgIpc) is 2.35. The summed E-state index contributed by atoms with van der Waals surface area (Å²) in [5.74, 6) is -0.756. The molecule has 0 aliphatic carbocycles. The third-order valence-electron chi connectivity index (χ3n) is 3.29. The van der Waals surface area contributed by atoms with Crippen LogP contribution in [0.2, 0.25) is 0 Å². The standard InChI is InChI=1S/C13H23NO4/c1-2-3-4-11(13(16)17)14-12(15)9-10-5-7-18-8-6-10/h10-11H,2-9H2,1H3,(H,14,15)(H,16,17)/t11-/m0/s1. The fourth-order valence-corrected chi connectivity index (χ4v) is 2.13. The number of carbonyl (C=O) groups is 2. The molecule has 0 unspecified atom stereocenters. The zero-order valence-electron chi connectivity index (χ0n) is 11.0. The molecule has 2 N–H and O–H groups in total. The van der Waals surface area contributed by atoms with Gasteiger partial charge in [-0.25, -0.2) is 4.79 Å². The summed E-state index contributed by atoms with van der Waals surface area (Å²) >= 11 is 0. The molecule has 1 aliphatic rings. The lowest BCUT2D eigenvalue weighted by atomic mass is 9.96. The molecular weight excluding hydrogens is 234 g/mol. The quantitative estimate of drug-likeness (QED) is 0.725. The molecule has 18 heavy (non-hydrogen) atoms. The number of amides is 1. The van der Waals surface area contributed by atoms with E-state index in [1.807, 2.05) is 6.92 Å². The first-order valence-corrected chi connectivity index (χ1v) is 6.73. The van der Waals surface area contributed by atoms with Crippen LogP contribution in [-0.2, 0) is 14.3 Å². The van der Waals surface area contributed by atoms with E-state index in [4.69, 9.17) is 9.84 Å². The van der Waals surface area contributed by atoms with Crippen LogP contribution in [0.3, 0.4) is 0 Å². The topological polar surface area (TPSA) is 75.6 Å². The monoisotopic (exact) mass is 257 g/mol. The molecule has 0 saturated carbocycles. The van der Waals surface area contributed by atoms with Crippen molar-refractivity contribution in [2.45, 2.75) is 51.5 Å². The van der Waals surface area contributed by atoms with E-state index in [1.54, 1.807) is 0 Å². The molecule has 0 bridgehead atoms. The van der Waals surface area contributed by atoms with Gasteiger partial charge in [0.1, 0.15) is 6.04 Å². The van der Waals surface area contributed by atoms with Crippen molar-refractivity contribution < 1.29 is 19.4 Å². The zero-order chi connectivity index (χ0) is 13.4. The van der Waals surface area contributed by atoms with Gasteiger partial charge in [0.05, 0.1) is 0 Å². The second kappa shape index (κ2) is 8.08. The molecule has 1 amide bonds. The molecule has 1 aliphatic heterocycles. The Labute approximate surface area is 108 Å². The fraction of sp³-hybridized carbons (Fsp3) is 0.846. The van der Waals surface area contributed by atoms with E-state index in [9.17, 15) is 9.59 Å². The van der Waals surface area contributed by atoms with Gasteiger partial charge in [0, 0.05) is 19.6 Å². The van der Waals surface area contributed by atoms with Crippen LogP contribution in [0.15, 0.2) is 0 Å². The Morgan fingerprint density at radius 2 is 2.06 bits per heavy atom. The molecule has 0 aromatic heterocycles. The van der Waals surface area contributed by atoms with Crippen molar-refractivity contribution in [2.24, 2.45) is 5.92 Å². The number of carboxylic acid groups (broad SMARTS) is 1. The highest BCUT2D eigenvalue weighted by molar-refractivity contribution is 5.83. The second-order valence-corrected chi connectivity index (χ2v) is 4.86. The lowest BCUT2D eigenvalue weighted by Gasteiger charge is -2.22. The van der Waals surface area contributed by atoms with Crippen LogP contribution in [0.25, 0.3) is 0 Å². The minimum atomic E-state index is -0.941. The maximum atomic E-state index is 11.8. The fourth-order valence-electron chi connectivity index (χ4n) is 2.13. The van der Waals surface area contributed by atoms with E-state index in [0.717, 1.165) is 25.7 Å². The van der Waals surface area contributed by atoms with Crippen LogP contribution in [0.5, 0.6) is 0 Å². The van der Waals surface area contributed by atoms with Gasteiger partial charge in [-0.05, 0) is 25.2 Å². The normalized spacial score (nSPS) is 18.3. The first-order chi connectivity index (χ1) is 8.63. The second-order valence-electron chi connectivity index (χ2n) is 4.86. The Morgan fingerprint density at radius 3 is 2.61 bits per heavy atom. The molecule has 104 valence electrons. The van der Waals surface area contributed by atoms with Gasteiger partial charge >= 0.3 is 5.97 Å². The van der Waals surface area contributed by atoms with Crippen molar-refractivity contribution >= 4 is 11.9 Å². The number of hydrogen-bond donors (Lipinski definition) is 2. The summed E-state index contributed by atoms with van der Waals surface area (Å²) in [6, 6.07) is -0.739. The SMILES string of the molecule is CCCC[C@H](NC(=O)CC1CCOCC1)C(=O)O. The molecule has 1 saturated heterocycles. The zero-order valence-corrected chi connectivity index (χ0v) is 11.0. The molecule has 5 heteroatoms. The van der Waals surface area contributed by atoms with E-state index in [0.29, 0.717) is 32.0 Å². The third-order valence-corrected chi connectivity index (χ3v) is 3.29. The maximum absolute atomic E-state index is 11.8. The molecular formula is C13H23NO4. The van der Waals surface area contributed by atoms with Gasteiger partial charge < -0.3 is 15.2 Å². The van der Waals surface area contributed by atoms with Crippen molar-refractivity contribution in [2.75, 3.05) is 13.2 Å². The minimum Gasteiger partial charge on any atom is -0.480 e. The van der Waals surface area contributed by atoms with Gasteiger partial charge in [0.25, 0.3) is 0 Å². The van der Waals surface area contributed by atoms with E-state index < -0.39 is 12.0 Å². The third kappa shape index (κ3) is 5.49. The van der Waals surface area contributed by atoms with Crippen LogP contribution in [0.1, 0.15) is 45.4 Å². The number of rotatable bonds is 7. The smallest absolute Gasteiger partial charge is 0.326 e. The molecule has 0 aromatic rings. The number of carboxylic acids is 1. The van der Waals surface area contributed by atoms with Crippen LogP contribution in [-0.4, -0.2) is 36.2 Å². The lowest BCUT2D eigenvalue weighted by Crippen LogP contribution is -2.41. The van der Waals surface area contributed by atoms with Gasteiger partial charge in [-0.1, -0.05) is 19.8 Å². The largest absolute Gasteiger partial charge is 0.480 e. The highest BCUT2D eigenvalue weighted by Crippen LogP contribution is 2.18. The van der Waals surface area contributed by atoms with E-state index in [-0.39, 0.29) is 5.91 Å². The first kappa shape index (κ1) is 15.0. The predicted octanol–water partition coefficient (Wildman–Crippen LogP) is 1.56. The number of unbranched alkanes of at least 4 members (excludes halogenated alkanes) is 1. The molecule has 1 atom stereocenters. The van der Waals surface area contributed by atoms with Crippen molar-refractivity contribution in [1.29, 1.82) is 0 Å². The Bertz CT molecular complexity index is 274. The summed E-state index contributed by atoms with van der Waals surface area (Å²) in [4.78, 5) is 22.8.